The monoisotopic (exact) mass is 375 g/mol. The van der Waals surface area contributed by atoms with Crippen LogP contribution in [0.2, 0.25) is 0 Å². The molecule has 0 aromatic heterocycles. The minimum atomic E-state index is -1.27. The Bertz CT molecular complexity index is 750. The second kappa shape index (κ2) is 7.54. The van der Waals surface area contributed by atoms with Gasteiger partial charge >= 0.3 is 5.97 Å². The van der Waals surface area contributed by atoms with Crippen molar-refractivity contribution in [1.82, 2.24) is 5.32 Å². The van der Waals surface area contributed by atoms with Crippen molar-refractivity contribution in [3.8, 4) is 0 Å². The van der Waals surface area contributed by atoms with Crippen LogP contribution in [0.5, 0.6) is 0 Å². The molecule has 1 heterocycles. The van der Waals surface area contributed by atoms with Gasteiger partial charge in [0.05, 0.1) is 4.92 Å². The van der Waals surface area contributed by atoms with Crippen LogP contribution in [0, 0.1) is 16.0 Å². The number of nitro benzene ring substituents is 1. The molecule has 1 aliphatic carbocycles. The third-order valence-corrected chi connectivity index (χ3v) is 5.78. The van der Waals surface area contributed by atoms with Crippen molar-refractivity contribution < 1.29 is 19.6 Å². The van der Waals surface area contributed by atoms with E-state index in [1.54, 1.807) is 12.1 Å². The average Bonchev–Trinajstić information content (AvgIpc) is 3.12. The first-order chi connectivity index (χ1) is 12.8. The standard InChI is InChI=1S/C19H25N3O5/c1-13-6-10-21(11-7-13)15-5-4-14(12-16(15)22(26)27)17(23)20-19(18(24)25)8-2-3-9-19/h4-5,12-13H,2-3,6-11H2,1H3,(H,20,23)(H,24,25). The summed E-state index contributed by atoms with van der Waals surface area (Å²) in [6.07, 6.45) is 4.17. The zero-order chi connectivity index (χ0) is 19.6. The summed E-state index contributed by atoms with van der Waals surface area (Å²) in [6.45, 7) is 3.66. The van der Waals surface area contributed by atoms with Crippen LogP contribution in [-0.4, -0.2) is 40.5 Å². The van der Waals surface area contributed by atoms with Crippen molar-refractivity contribution in [3.05, 3.63) is 33.9 Å². The van der Waals surface area contributed by atoms with E-state index in [4.69, 9.17) is 0 Å². The average molecular weight is 375 g/mol. The van der Waals surface area contributed by atoms with Gasteiger partial charge in [-0.25, -0.2) is 4.79 Å². The van der Waals surface area contributed by atoms with Crippen molar-refractivity contribution in [3.63, 3.8) is 0 Å². The van der Waals surface area contributed by atoms with Crippen LogP contribution in [-0.2, 0) is 4.79 Å². The predicted octanol–water partition coefficient (Wildman–Crippen LogP) is 2.96. The maximum atomic E-state index is 12.6. The topological polar surface area (TPSA) is 113 Å². The summed E-state index contributed by atoms with van der Waals surface area (Å²) in [7, 11) is 0. The summed E-state index contributed by atoms with van der Waals surface area (Å²) in [5.74, 6) is -1.04. The number of amides is 1. The largest absolute Gasteiger partial charge is 0.480 e. The molecule has 1 amide bonds. The SMILES string of the molecule is CC1CCN(c2ccc(C(=O)NC3(C(=O)O)CCCC3)cc2[N+](=O)[O-])CC1. The van der Waals surface area contributed by atoms with E-state index < -0.39 is 22.3 Å². The van der Waals surface area contributed by atoms with E-state index in [-0.39, 0.29) is 11.3 Å². The van der Waals surface area contributed by atoms with Gasteiger partial charge in [0.1, 0.15) is 11.2 Å². The molecule has 0 radical (unpaired) electrons. The number of hydrogen-bond donors (Lipinski definition) is 2. The third-order valence-electron chi connectivity index (χ3n) is 5.78. The minimum absolute atomic E-state index is 0.114. The Kier molecular flexibility index (Phi) is 5.34. The highest BCUT2D eigenvalue weighted by Gasteiger charge is 2.43. The molecule has 146 valence electrons. The number of benzene rings is 1. The van der Waals surface area contributed by atoms with Gasteiger partial charge in [0.15, 0.2) is 0 Å². The molecular formula is C19H25N3O5. The van der Waals surface area contributed by atoms with Crippen LogP contribution >= 0.6 is 0 Å². The fourth-order valence-corrected chi connectivity index (χ4v) is 3.99. The Balaban J connectivity index is 1.84. The van der Waals surface area contributed by atoms with Crippen LogP contribution in [0.4, 0.5) is 11.4 Å². The number of nitrogens with zero attached hydrogens (tertiary/aromatic N) is 2. The van der Waals surface area contributed by atoms with Gasteiger partial charge in [-0.05, 0) is 43.7 Å². The molecule has 1 saturated heterocycles. The lowest BCUT2D eigenvalue weighted by molar-refractivity contribution is -0.384. The van der Waals surface area contributed by atoms with Crippen molar-refractivity contribution in [2.45, 2.75) is 51.0 Å². The molecule has 0 bridgehead atoms. The second-order valence-electron chi connectivity index (χ2n) is 7.68. The summed E-state index contributed by atoms with van der Waals surface area (Å²) < 4.78 is 0. The molecule has 3 rings (SSSR count). The van der Waals surface area contributed by atoms with E-state index in [1.807, 2.05) is 4.90 Å². The van der Waals surface area contributed by atoms with E-state index in [0.29, 0.717) is 24.4 Å². The maximum absolute atomic E-state index is 12.6. The zero-order valence-corrected chi connectivity index (χ0v) is 15.4. The molecule has 1 aromatic carbocycles. The van der Waals surface area contributed by atoms with Crippen LogP contribution in [0.1, 0.15) is 55.8 Å². The van der Waals surface area contributed by atoms with Gasteiger partial charge in [0.25, 0.3) is 11.6 Å². The number of carboxylic acid groups (broad SMARTS) is 1. The Hall–Kier alpha value is -2.64. The van der Waals surface area contributed by atoms with E-state index in [2.05, 4.69) is 12.2 Å². The first-order valence-corrected chi connectivity index (χ1v) is 9.42. The van der Waals surface area contributed by atoms with Gasteiger partial charge < -0.3 is 15.3 Å². The number of nitro groups is 1. The molecule has 1 aliphatic heterocycles. The normalized spacial score (nSPS) is 19.7. The number of carboxylic acids is 1. The van der Waals surface area contributed by atoms with Crippen LogP contribution in [0.15, 0.2) is 18.2 Å². The summed E-state index contributed by atoms with van der Waals surface area (Å²) in [5, 5.41) is 23.7. The Morgan fingerprint density at radius 3 is 2.44 bits per heavy atom. The van der Waals surface area contributed by atoms with E-state index in [0.717, 1.165) is 38.8 Å². The number of anilines is 1. The molecule has 8 heteroatoms. The summed E-state index contributed by atoms with van der Waals surface area (Å²) >= 11 is 0. The summed E-state index contributed by atoms with van der Waals surface area (Å²) in [5.41, 5.74) is -0.762. The van der Waals surface area contributed by atoms with Crippen LogP contribution in [0.3, 0.4) is 0 Å². The fraction of sp³-hybridized carbons (Fsp3) is 0.579. The molecule has 2 N–H and O–H groups in total. The highest BCUT2D eigenvalue weighted by molar-refractivity contribution is 5.99. The second-order valence-corrected chi connectivity index (χ2v) is 7.68. The molecule has 2 fully saturated rings. The first kappa shape index (κ1) is 19.1. The quantitative estimate of drug-likeness (QED) is 0.604. The van der Waals surface area contributed by atoms with E-state index >= 15 is 0 Å². The first-order valence-electron chi connectivity index (χ1n) is 9.42. The lowest BCUT2D eigenvalue weighted by atomic mass is 9.96. The van der Waals surface area contributed by atoms with Crippen LogP contribution < -0.4 is 10.2 Å². The van der Waals surface area contributed by atoms with Crippen molar-refractivity contribution in [2.75, 3.05) is 18.0 Å². The number of hydrogen-bond acceptors (Lipinski definition) is 5. The zero-order valence-electron chi connectivity index (χ0n) is 15.4. The van der Waals surface area contributed by atoms with Gasteiger partial charge in [-0.15, -0.1) is 0 Å². The molecule has 0 unspecified atom stereocenters. The number of aliphatic carboxylic acids is 1. The van der Waals surface area contributed by atoms with Crippen molar-refractivity contribution >= 4 is 23.3 Å². The Morgan fingerprint density at radius 2 is 1.89 bits per heavy atom. The van der Waals surface area contributed by atoms with Crippen molar-refractivity contribution in [2.24, 2.45) is 5.92 Å². The van der Waals surface area contributed by atoms with Gasteiger partial charge in [0.2, 0.25) is 0 Å². The molecule has 2 aliphatic rings. The summed E-state index contributed by atoms with van der Waals surface area (Å²) in [4.78, 5) is 37.3. The number of piperidine rings is 1. The van der Waals surface area contributed by atoms with Crippen molar-refractivity contribution in [1.29, 1.82) is 0 Å². The highest BCUT2D eigenvalue weighted by atomic mass is 16.6. The number of nitrogens with one attached hydrogen (secondary N) is 1. The lowest BCUT2D eigenvalue weighted by Crippen LogP contribution is -2.52. The van der Waals surface area contributed by atoms with Gasteiger partial charge in [0, 0.05) is 24.7 Å². The minimum Gasteiger partial charge on any atom is -0.480 e. The predicted molar refractivity (Wildman–Crippen MR) is 100 cm³/mol. The Labute approximate surface area is 157 Å². The number of carbonyl (C=O) groups is 2. The molecule has 8 nitrogen and oxygen atoms in total. The Morgan fingerprint density at radius 1 is 1.26 bits per heavy atom. The molecule has 1 aromatic rings. The third kappa shape index (κ3) is 3.89. The number of rotatable bonds is 5. The molecule has 0 spiro atoms. The van der Waals surface area contributed by atoms with Gasteiger partial charge in [-0.2, -0.15) is 0 Å². The maximum Gasteiger partial charge on any atom is 0.329 e. The molecular weight excluding hydrogens is 350 g/mol. The highest BCUT2D eigenvalue weighted by Crippen LogP contribution is 2.34. The van der Waals surface area contributed by atoms with Crippen LogP contribution in [0.25, 0.3) is 0 Å². The van der Waals surface area contributed by atoms with E-state index in [9.17, 15) is 24.8 Å². The van der Waals surface area contributed by atoms with Gasteiger partial charge in [-0.3, -0.25) is 14.9 Å². The van der Waals surface area contributed by atoms with Gasteiger partial charge in [-0.1, -0.05) is 19.8 Å². The fourth-order valence-electron chi connectivity index (χ4n) is 3.99. The molecule has 0 atom stereocenters. The smallest absolute Gasteiger partial charge is 0.329 e. The van der Waals surface area contributed by atoms with E-state index in [1.165, 1.54) is 6.07 Å². The molecule has 27 heavy (non-hydrogen) atoms. The lowest BCUT2D eigenvalue weighted by Gasteiger charge is -2.31. The summed E-state index contributed by atoms with van der Waals surface area (Å²) in [6, 6.07) is 4.40. The number of carbonyl (C=O) groups excluding carboxylic acids is 1. The molecule has 1 saturated carbocycles.